The first-order valence-corrected chi connectivity index (χ1v) is 9.83. The van der Waals surface area contributed by atoms with Gasteiger partial charge in [0, 0.05) is 47.1 Å². The summed E-state index contributed by atoms with van der Waals surface area (Å²) in [7, 11) is 0. The summed E-state index contributed by atoms with van der Waals surface area (Å²) >= 11 is 0. The lowest BCUT2D eigenvalue weighted by Crippen LogP contribution is -1.92. The van der Waals surface area contributed by atoms with Crippen LogP contribution in [-0.2, 0) is 0 Å². The van der Waals surface area contributed by atoms with Crippen LogP contribution in [0.1, 0.15) is 24.9 Å². The van der Waals surface area contributed by atoms with E-state index in [1.807, 2.05) is 73.7 Å². The normalized spacial score (nSPS) is 15.6. The number of furan rings is 1. The van der Waals surface area contributed by atoms with Gasteiger partial charge in [0.2, 0.25) is 0 Å². The van der Waals surface area contributed by atoms with Crippen molar-refractivity contribution in [3.8, 4) is 11.3 Å². The Labute approximate surface area is 183 Å². The Bertz CT molecular complexity index is 1810. The number of pyridine rings is 1. The maximum Gasteiger partial charge on any atom is 0.143 e. The number of nitrogens with zero attached hydrogens (tertiary/aromatic N) is 1. The van der Waals surface area contributed by atoms with E-state index in [0.717, 1.165) is 32.7 Å². The molecular formula is C28H21NO. The molecule has 0 bridgehead atoms. The lowest BCUT2D eigenvalue weighted by molar-refractivity contribution is 0.632. The van der Waals surface area contributed by atoms with E-state index in [2.05, 4.69) is 4.98 Å². The smallest absolute Gasteiger partial charge is 0.143 e. The van der Waals surface area contributed by atoms with Gasteiger partial charge < -0.3 is 4.42 Å². The predicted octanol–water partition coefficient (Wildman–Crippen LogP) is 7.88. The molecule has 6 rings (SSSR count). The first kappa shape index (κ1) is 12.1. The van der Waals surface area contributed by atoms with Gasteiger partial charge in [0.05, 0.1) is 5.52 Å². The van der Waals surface area contributed by atoms with Crippen LogP contribution in [0, 0.1) is 20.6 Å². The Kier molecular flexibility index (Phi) is 2.50. The van der Waals surface area contributed by atoms with Crippen molar-refractivity contribution in [2.75, 3.05) is 0 Å². The van der Waals surface area contributed by atoms with Crippen LogP contribution in [-0.4, -0.2) is 4.98 Å². The van der Waals surface area contributed by atoms with Crippen molar-refractivity contribution >= 4 is 43.4 Å². The zero-order chi connectivity index (χ0) is 25.4. The topological polar surface area (TPSA) is 26.0 Å². The summed E-state index contributed by atoms with van der Waals surface area (Å²) in [5, 5.41) is 4.14. The van der Waals surface area contributed by atoms with Gasteiger partial charge in [-0.25, -0.2) is 0 Å². The summed E-state index contributed by atoms with van der Waals surface area (Å²) in [6.45, 7) is -3.36. The van der Waals surface area contributed by atoms with Crippen LogP contribution in [0.25, 0.3) is 54.7 Å². The molecule has 0 saturated heterocycles. The van der Waals surface area contributed by atoms with Crippen LogP contribution in [0.5, 0.6) is 0 Å². The summed E-state index contributed by atoms with van der Waals surface area (Å²) in [5.74, 6) is 0.690. The van der Waals surface area contributed by atoms with Crippen molar-refractivity contribution in [3.05, 3.63) is 89.6 Å². The highest BCUT2D eigenvalue weighted by Gasteiger charge is 2.19. The fraction of sp³-hybridized carbons (Fsp3) is 0.107. The Balaban J connectivity index is 1.93. The summed E-state index contributed by atoms with van der Waals surface area (Å²) in [5.41, 5.74) is 2.33. The van der Waals surface area contributed by atoms with E-state index in [4.69, 9.17) is 12.6 Å². The largest absolute Gasteiger partial charge is 0.455 e. The summed E-state index contributed by atoms with van der Waals surface area (Å²) < 4.78 is 55.8. The molecule has 2 heteroatoms. The number of hydrogen-bond donors (Lipinski definition) is 0. The molecule has 0 aliphatic rings. The molecule has 0 aliphatic carbocycles. The first-order chi connectivity index (χ1) is 17.1. The van der Waals surface area contributed by atoms with Crippen LogP contribution in [0.2, 0.25) is 0 Å². The minimum absolute atomic E-state index is 0.203. The highest BCUT2D eigenvalue weighted by molar-refractivity contribution is 6.30. The quantitative estimate of drug-likeness (QED) is 0.266. The standard InChI is InChI=1S/C28H21NO/c1-16-15-29-26-23-12-8-7-11-21(23)22-14-13-20-18(3)27(19-9-5-4-6-10-19)30-28(20)25(22)24(26)17(16)2/h4-15H,1-3H3/i1D3,2D3. The highest BCUT2D eigenvalue weighted by Crippen LogP contribution is 2.43. The average Bonchev–Trinajstić information content (AvgIpc) is 3.19. The second-order valence-corrected chi connectivity index (χ2v) is 7.60. The van der Waals surface area contributed by atoms with Crippen molar-refractivity contribution in [1.82, 2.24) is 4.98 Å². The fourth-order valence-electron chi connectivity index (χ4n) is 4.51. The molecule has 6 aromatic rings. The Hall–Kier alpha value is -3.65. The summed E-state index contributed by atoms with van der Waals surface area (Å²) in [4.78, 5) is 4.54. The van der Waals surface area contributed by atoms with Gasteiger partial charge in [-0.1, -0.05) is 66.7 Å². The van der Waals surface area contributed by atoms with Gasteiger partial charge in [-0.15, -0.1) is 0 Å². The number of rotatable bonds is 1. The molecule has 0 amide bonds. The molecule has 0 spiro atoms. The lowest BCUT2D eigenvalue weighted by atomic mass is 9.92. The first-order valence-electron chi connectivity index (χ1n) is 12.8. The van der Waals surface area contributed by atoms with Crippen LogP contribution in [0.15, 0.2) is 77.3 Å². The molecule has 2 heterocycles. The van der Waals surface area contributed by atoms with Gasteiger partial charge in [-0.3, -0.25) is 4.98 Å². The Morgan fingerprint density at radius 3 is 2.30 bits per heavy atom. The van der Waals surface area contributed by atoms with Crippen molar-refractivity contribution < 1.29 is 12.6 Å². The number of aryl methyl sites for hydroxylation is 3. The molecule has 0 atom stereocenters. The van der Waals surface area contributed by atoms with E-state index < -0.39 is 13.7 Å². The number of benzene rings is 4. The maximum absolute atomic E-state index is 8.37. The monoisotopic (exact) mass is 393 g/mol. The average molecular weight is 394 g/mol. The molecule has 2 aromatic heterocycles. The third-order valence-corrected chi connectivity index (χ3v) is 5.94. The van der Waals surface area contributed by atoms with E-state index in [9.17, 15) is 0 Å². The second-order valence-electron chi connectivity index (χ2n) is 7.60. The molecule has 0 N–H and O–H groups in total. The van der Waals surface area contributed by atoms with Crippen molar-refractivity contribution in [3.63, 3.8) is 0 Å². The minimum atomic E-state index is -2.69. The van der Waals surface area contributed by atoms with Crippen LogP contribution < -0.4 is 0 Å². The molecule has 0 radical (unpaired) electrons. The van der Waals surface area contributed by atoms with Crippen LogP contribution in [0.4, 0.5) is 0 Å². The molecular weight excluding hydrogens is 366 g/mol. The maximum atomic E-state index is 8.37. The number of hydrogen-bond acceptors (Lipinski definition) is 2. The third-order valence-electron chi connectivity index (χ3n) is 5.94. The molecule has 0 aliphatic heterocycles. The van der Waals surface area contributed by atoms with Crippen molar-refractivity contribution in [1.29, 1.82) is 0 Å². The van der Waals surface area contributed by atoms with Gasteiger partial charge in [-0.2, -0.15) is 0 Å². The van der Waals surface area contributed by atoms with Crippen LogP contribution in [0.3, 0.4) is 0 Å². The Morgan fingerprint density at radius 1 is 0.733 bits per heavy atom. The molecule has 0 fully saturated rings. The Morgan fingerprint density at radius 2 is 1.50 bits per heavy atom. The fourth-order valence-corrected chi connectivity index (χ4v) is 4.51. The van der Waals surface area contributed by atoms with E-state index >= 15 is 0 Å². The number of aromatic nitrogens is 1. The molecule has 30 heavy (non-hydrogen) atoms. The molecule has 144 valence electrons. The molecule has 4 aromatic carbocycles. The van der Waals surface area contributed by atoms with Crippen LogP contribution >= 0.6 is 0 Å². The highest BCUT2D eigenvalue weighted by atomic mass is 16.3. The van der Waals surface area contributed by atoms with Gasteiger partial charge in [0.1, 0.15) is 11.3 Å². The third kappa shape index (κ3) is 2.22. The molecule has 0 unspecified atom stereocenters. The van der Waals surface area contributed by atoms with E-state index in [0.29, 0.717) is 27.6 Å². The SMILES string of the molecule is [2H]C([2H])([2H])c1cnc2c3ccccc3c3ccc4c(C)c(-c5ccccc5)oc4c3c2c1C([2H])([2H])[2H]. The van der Waals surface area contributed by atoms with Crippen molar-refractivity contribution in [2.45, 2.75) is 20.6 Å². The van der Waals surface area contributed by atoms with Gasteiger partial charge in [-0.05, 0) is 42.5 Å². The lowest BCUT2D eigenvalue weighted by Gasteiger charge is -2.13. The zero-order valence-corrected chi connectivity index (χ0v) is 16.3. The van der Waals surface area contributed by atoms with Gasteiger partial charge in [0.25, 0.3) is 0 Å². The zero-order valence-electron chi connectivity index (χ0n) is 22.3. The van der Waals surface area contributed by atoms with Gasteiger partial charge in [0.15, 0.2) is 0 Å². The minimum Gasteiger partial charge on any atom is -0.455 e. The number of fused-ring (bicyclic) bond motifs is 8. The van der Waals surface area contributed by atoms with E-state index in [-0.39, 0.29) is 11.1 Å². The molecule has 2 nitrogen and oxygen atoms in total. The second kappa shape index (κ2) is 6.17. The summed E-state index contributed by atoms with van der Waals surface area (Å²) in [6, 6.07) is 21.3. The van der Waals surface area contributed by atoms with E-state index in [1.54, 1.807) is 0 Å². The summed E-state index contributed by atoms with van der Waals surface area (Å²) in [6.07, 6.45) is 1.19. The van der Waals surface area contributed by atoms with E-state index in [1.165, 1.54) is 6.20 Å². The predicted molar refractivity (Wildman–Crippen MR) is 126 cm³/mol. The molecule has 0 saturated carbocycles. The van der Waals surface area contributed by atoms with Gasteiger partial charge >= 0.3 is 0 Å². The van der Waals surface area contributed by atoms with Crippen molar-refractivity contribution in [2.24, 2.45) is 0 Å².